The van der Waals surface area contributed by atoms with Gasteiger partial charge in [-0.25, -0.2) is 0 Å². The van der Waals surface area contributed by atoms with Crippen LogP contribution < -0.4 is 0 Å². The minimum absolute atomic E-state index is 0.561. The first-order chi connectivity index (χ1) is 5.04. The molecule has 0 atom stereocenters. The van der Waals surface area contributed by atoms with Crippen LogP contribution in [0.5, 0.6) is 0 Å². The molecule has 0 amide bonds. The van der Waals surface area contributed by atoms with Crippen molar-refractivity contribution in [2.24, 2.45) is 5.92 Å². The fourth-order valence-electron chi connectivity index (χ4n) is 0.920. The lowest BCUT2D eigenvalue weighted by Gasteiger charge is -2.19. The van der Waals surface area contributed by atoms with Crippen LogP contribution in [0.15, 0.2) is 0 Å². The van der Waals surface area contributed by atoms with E-state index >= 15 is 0 Å². The van der Waals surface area contributed by atoms with Crippen molar-refractivity contribution in [3.63, 3.8) is 0 Å². The highest BCUT2D eigenvalue weighted by molar-refractivity contribution is 7.77. The molecule has 0 fully saturated rings. The number of rotatable bonds is 5. The van der Waals surface area contributed by atoms with E-state index in [4.69, 9.17) is 0 Å². The standard InChI is InChI=1S/C9H21NS/c1-8(2)6-5-7-10(11)9(3)4/h8-9,11H,5-7H2,1-4H3. The summed E-state index contributed by atoms with van der Waals surface area (Å²) < 4.78 is 2.10. The van der Waals surface area contributed by atoms with Gasteiger partial charge >= 0.3 is 0 Å². The van der Waals surface area contributed by atoms with Gasteiger partial charge in [-0.1, -0.05) is 26.7 Å². The third kappa shape index (κ3) is 6.70. The van der Waals surface area contributed by atoms with Crippen LogP contribution in [0.3, 0.4) is 0 Å². The Morgan fingerprint density at radius 2 is 1.73 bits per heavy atom. The zero-order valence-electron chi connectivity index (χ0n) is 8.17. The highest BCUT2D eigenvalue weighted by Crippen LogP contribution is 2.08. The first-order valence-electron chi connectivity index (χ1n) is 4.49. The van der Waals surface area contributed by atoms with Crippen LogP contribution in [0.25, 0.3) is 0 Å². The lowest BCUT2D eigenvalue weighted by molar-refractivity contribution is 0.377. The van der Waals surface area contributed by atoms with Crippen LogP contribution in [0.1, 0.15) is 40.5 Å². The zero-order valence-corrected chi connectivity index (χ0v) is 9.06. The van der Waals surface area contributed by atoms with Gasteiger partial charge in [-0.15, -0.1) is 0 Å². The molecule has 0 unspecified atom stereocenters. The Morgan fingerprint density at radius 3 is 2.09 bits per heavy atom. The van der Waals surface area contributed by atoms with Gasteiger partial charge < -0.3 is 0 Å². The monoisotopic (exact) mass is 175 g/mol. The van der Waals surface area contributed by atoms with Crippen LogP contribution in [0.4, 0.5) is 0 Å². The van der Waals surface area contributed by atoms with Crippen molar-refractivity contribution in [1.82, 2.24) is 4.31 Å². The Bertz CT molecular complexity index is 91.6. The van der Waals surface area contributed by atoms with Crippen LogP contribution in [-0.4, -0.2) is 16.9 Å². The van der Waals surface area contributed by atoms with E-state index in [-0.39, 0.29) is 0 Å². The van der Waals surface area contributed by atoms with Crippen LogP contribution in [0, 0.1) is 5.92 Å². The predicted octanol–water partition coefficient (Wildman–Crippen LogP) is 2.98. The smallest absolute Gasteiger partial charge is 0.0143 e. The molecule has 1 nitrogen and oxygen atoms in total. The lowest BCUT2D eigenvalue weighted by Crippen LogP contribution is -2.22. The summed E-state index contributed by atoms with van der Waals surface area (Å²) in [6, 6.07) is 0.561. The topological polar surface area (TPSA) is 3.24 Å². The average Bonchev–Trinajstić information content (AvgIpc) is 1.86. The largest absolute Gasteiger partial charge is 0.251 e. The second-order valence-corrected chi connectivity index (χ2v) is 4.31. The van der Waals surface area contributed by atoms with Crippen molar-refractivity contribution >= 4 is 12.8 Å². The third-order valence-electron chi connectivity index (χ3n) is 1.76. The van der Waals surface area contributed by atoms with E-state index in [2.05, 4.69) is 44.8 Å². The zero-order chi connectivity index (χ0) is 8.85. The van der Waals surface area contributed by atoms with E-state index in [1.54, 1.807) is 0 Å². The Kier molecular flexibility index (Phi) is 6.06. The molecule has 0 saturated carbocycles. The van der Waals surface area contributed by atoms with Gasteiger partial charge in [0.25, 0.3) is 0 Å². The highest BCUT2D eigenvalue weighted by Gasteiger charge is 2.03. The number of hydrogen-bond acceptors (Lipinski definition) is 2. The fraction of sp³-hybridized carbons (Fsp3) is 1.00. The van der Waals surface area contributed by atoms with Crippen LogP contribution >= 0.6 is 12.8 Å². The molecule has 11 heavy (non-hydrogen) atoms. The summed E-state index contributed by atoms with van der Waals surface area (Å²) in [4.78, 5) is 0. The van der Waals surface area contributed by atoms with Gasteiger partial charge in [-0.2, -0.15) is 0 Å². The number of nitrogens with zero attached hydrogens (tertiary/aromatic N) is 1. The van der Waals surface area contributed by atoms with Gasteiger partial charge in [-0.05, 0) is 32.6 Å². The van der Waals surface area contributed by atoms with Crippen molar-refractivity contribution < 1.29 is 0 Å². The summed E-state index contributed by atoms with van der Waals surface area (Å²) in [7, 11) is 0. The molecule has 0 aliphatic carbocycles. The molecule has 0 bridgehead atoms. The maximum absolute atomic E-state index is 4.36. The molecule has 0 saturated heterocycles. The highest BCUT2D eigenvalue weighted by atomic mass is 32.1. The van der Waals surface area contributed by atoms with E-state index in [1.165, 1.54) is 12.8 Å². The van der Waals surface area contributed by atoms with Crippen LogP contribution in [-0.2, 0) is 0 Å². The molecule has 0 aromatic heterocycles. The average molecular weight is 175 g/mol. The molecule has 2 heteroatoms. The van der Waals surface area contributed by atoms with Crippen molar-refractivity contribution in [1.29, 1.82) is 0 Å². The molecule has 0 N–H and O–H groups in total. The second-order valence-electron chi connectivity index (χ2n) is 3.79. The number of thiol groups is 1. The van der Waals surface area contributed by atoms with Crippen LogP contribution in [0.2, 0.25) is 0 Å². The van der Waals surface area contributed by atoms with Crippen molar-refractivity contribution in [3.05, 3.63) is 0 Å². The van der Waals surface area contributed by atoms with Crippen molar-refractivity contribution in [2.45, 2.75) is 46.6 Å². The molecule has 0 aromatic rings. The Labute approximate surface area is 76.7 Å². The first-order valence-corrected chi connectivity index (χ1v) is 4.89. The summed E-state index contributed by atoms with van der Waals surface area (Å²) in [5.74, 6) is 0.823. The maximum atomic E-state index is 4.36. The van der Waals surface area contributed by atoms with Gasteiger partial charge in [0.2, 0.25) is 0 Å². The van der Waals surface area contributed by atoms with Gasteiger partial charge in [0, 0.05) is 12.6 Å². The molecule has 0 aliphatic rings. The summed E-state index contributed by atoms with van der Waals surface area (Å²) in [6.45, 7) is 9.97. The first kappa shape index (κ1) is 11.3. The Hall–Kier alpha value is 0.310. The van der Waals surface area contributed by atoms with Gasteiger partial charge in [0.15, 0.2) is 0 Å². The van der Waals surface area contributed by atoms with E-state index in [0.717, 1.165) is 12.5 Å². The Balaban J connectivity index is 3.24. The summed E-state index contributed by atoms with van der Waals surface area (Å²) in [5.41, 5.74) is 0. The van der Waals surface area contributed by atoms with E-state index in [0.29, 0.717) is 6.04 Å². The molecule has 0 aromatic carbocycles. The lowest BCUT2D eigenvalue weighted by atomic mass is 10.1. The van der Waals surface area contributed by atoms with Gasteiger partial charge in [-0.3, -0.25) is 4.31 Å². The van der Waals surface area contributed by atoms with E-state index < -0.39 is 0 Å². The molecular weight excluding hydrogens is 154 g/mol. The SMILES string of the molecule is CC(C)CCCN(S)C(C)C. The van der Waals surface area contributed by atoms with E-state index in [1.807, 2.05) is 0 Å². The third-order valence-corrected chi connectivity index (χ3v) is 2.43. The van der Waals surface area contributed by atoms with Crippen molar-refractivity contribution in [2.75, 3.05) is 6.54 Å². The molecule has 0 heterocycles. The van der Waals surface area contributed by atoms with E-state index in [9.17, 15) is 0 Å². The second kappa shape index (κ2) is 5.90. The molecule has 0 radical (unpaired) electrons. The number of hydrogen-bond donors (Lipinski definition) is 1. The summed E-state index contributed by atoms with van der Waals surface area (Å²) in [5, 5.41) is 0. The fourth-order valence-corrected chi connectivity index (χ4v) is 1.06. The summed E-state index contributed by atoms with van der Waals surface area (Å²) in [6.07, 6.45) is 2.57. The normalized spacial score (nSPS) is 12.0. The van der Waals surface area contributed by atoms with Crippen molar-refractivity contribution in [3.8, 4) is 0 Å². The molecule has 0 spiro atoms. The predicted molar refractivity (Wildman–Crippen MR) is 54.9 cm³/mol. The molecular formula is C9H21NS. The molecule has 0 aliphatic heterocycles. The minimum atomic E-state index is 0.561. The quantitative estimate of drug-likeness (QED) is 0.629. The summed E-state index contributed by atoms with van der Waals surface area (Å²) >= 11 is 4.36. The minimum Gasteiger partial charge on any atom is -0.251 e. The molecule has 0 rings (SSSR count). The van der Waals surface area contributed by atoms with Gasteiger partial charge in [0.1, 0.15) is 0 Å². The van der Waals surface area contributed by atoms with Gasteiger partial charge in [0.05, 0.1) is 0 Å². The maximum Gasteiger partial charge on any atom is 0.0143 e. The Morgan fingerprint density at radius 1 is 1.18 bits per heavy atom. The molecule has 68 valence electrons.